The number of hydrogen-bond acceptors (Lipinski definition) is 3. The van der Waals surface area contributed by atoms with Crippen molar-refractivity contribution in [2.45, 2.75) is 58.7 Å². The van der Waals surface area contributed by atoms with Crippen molar-refractivity contribution in [2.75, 3.05) is 0 Å². The minimum Gasteiger partial charge on any atom is -0.462 e. The molecule has 15 heavy (non-hydrogen) atoms. The monoisotopic (exact) mass is 214 g/mol. The van der Waals surface area contributed by atoms with Crippen molar-refractivity contribution in [1.82, 2.24) is 0 Å². The van der Waals surface area contributed by atoms with E-state index in [1.54, 1.807) is 13.8 Å². The van der Waals surface area contributed by atoms with Crippen LogP contribution in [0.25, 0.3) is 0 Å². The third-order valence-corrected chi connectivity index (χ3v) is 3.28. The molecule has 0 aromatic carbocycles. The first kappa shape index (κ1) is 12.5. The molecule has 0 spiro atoms. The summed E-state index contributed by atoms with van der Waals surface area (Å²) in [6, 6.07) is 0. The van der Waals surface area contributed by atoms with Crippen molar-refractivity contribution in [3.05, 3.63) is 0 Å². The van der Waals surface area contributed by atoms with Crippen LogP contribution in [-0.2, 0) is 9.53 Å². The van der Waals surface area contributed by atoms with Crippen LogP contribution >= 0.6 is 0 Å². The largest absolute Gasteiger partial charge is 0.462 e. The third kappa shape index (κ3) is 3.49. The van der Waals surface area contributed by atoms with Crippen molar-refractivity contribution in [2.24, 2.45) is 11.8 Å². The molecule has 0 aromatic heterocycles. The summed E-state index contributed by atoms with van der Waals surface area (Å²) in [5, 5.41) is 10.0. The second kappa shape index (κ2) is 4.52. The fraction of sp³-hybridized carbons (Fsp3) is 0.917. The van der Waals surface area contributed by atoms with Gasteiger partial charge >= 0.3 is 5.97 Å². The number of carbonyl (C=O) groups excluding carboxylic acids is 1. The van der Waals surface area contributed by atoms with Gasteiger partial charge in [0.15, 0.2) is 0 Å². The molecule has 3 nitrogen and oxygen atoms in total. The van der Waals surface area contributed by atoms with Gasteiger partial charge in [0, 0.05) is 12.8 Å². The van der Waals surface area contributed by atoms with E-state index in [1.165, 1.54) is 6.92 Å². The van der Waals surface area contributed by atoms with Gasteiger partial charge in [-0.15, -0.1) is 0 Å². The van der Waals surface area contributed by atoms with Gasteiger partial charge in [0.1, 0.15) is 6.10 Å². The van der Waals surface area contributed by atoms with Crippen LogP contribution in [0, 0.1) is 11.8 Å². The van der Waals surface area contributed by atoms with Gasteiger partial charge in [-0.1, -0.05) is 13.3 Å². The highest BCUT2D eigenvalue weighted by Crippen LogP contribution is 2.37. The number of carbonyl (C=O) groups is 1. The maximum Gasteiger partial charge on any atom is 0.302 e. The Hall–Kier alpha value is -0.570. The van der Waals surface area contributed by atoms with E-state index < -0.39 is 5.60 Å². The van der Waals surface area contributed by atoms with Gasteiger partial charge in [-0.05, 0) is 32.6 Å². The lowest BCUT2D eigenvalue weighted by Crippen LogP contribution is -2.44. The van der Waals surface area contributed by atoms with Crippen LogP contribution in [-0.4, -0.2) is 22.8 Å². The van der Waals surface area contributed by atoms with Gasteiger partial charge < -0.3 is 9.84 Å². The van der Waals surface area contributed by atoms with Gasteiger partial charge in [-0.25, -0.2) is 0 Å². The highest BCUT2D eigenvalue weighted by atomic mass is 16.5. The maximum absolute atomic E-state index is 11.0. The smallest absolute Gasteiger partial charge is 0.302 e. The van der Waals surface area contributed by atoms with Crippen molar-refractivity contribution in [3.8, 4) is 0 Å². The van der Waals surface area contributed by atoms with E-state index >= 15 is 0 Å². The lowest BCUT2D eigenvalue weighted by Gasteiger charge is -2.40. The molecule has 3 atom stereocenters. The van der Waals surface area contributed by atoms with Crippen LogP contribution in [0.5, 0.6) is 0 Å². The molecule has 1 rings (SSSR count). The number of hydrogen-bond donors (Lipinski definition) is 1. The Morgan fingerprint density at radius 1 is 1.40 bits per heavy atom. The molecule has 0 saturated heterocycles. The summed E-state index contributed by atoms with van der Waals surface area (Å²) >= 11 is 0. The van der Waals surface area contributed by atoms with E-state index in [0.29, 0.717) is 5.92 Å². The highest BCUT2D eigenvalue weighted by molar-refractivity contribution is 5.66. The molecule has 0 radical (unpaired) electrons. The predicted octanol–water partition coefficient (Wildman–Crippen LogP) is 2.13. The fourth-order valence-corrected chi connectivity index (χ4v) is 2.48. The Labute approximate surface area is 91.8 Å². The number of aliphatic hydroxyl groups is 1. The molecule has 1 fully saturated rings. The molecule has 1 aliphatic rings. The van der Waals surface area contributed by atoms with Crippen molar-refractivity contribution in [3.63, 3.8) is 0 Å². The van der Waals surface area contributed by atoms with Gasteiger partial charge in [-0.3, -0.25) is 4.79 Å². The standard InChI is InChI=1S/C12H22O3/c1-8-5-6-10(12(3,4)14)11(7-8)15-9(2)13/h8,10-11,14H,5-7H2,1-4H3/t8?,10?,11-/m1/s1. The minimum atomic E-state index is -0.764. The maximum atomic E-state index is 11.0. The zero-order valence-corrected chi connectivity index (χ0v) is 10.1. The molecule has 0 bridgehead atoms. The Bertz CT molecular complexity index is 230. The summed E-state index contributed by atoms with van der Waals surface area (Å²) in [7, 11) is 0. The van der Waals surface area contributed by atoms with Crippen LogP contribution in [0.3, 0.4) is 0 Å². The molecule has 0 aliphatic heterocycles. The Morgan fingerprint density at radius 2 is 2.00 bits per heavy atom. The van der Waals surface area contributed by atoms with E-state index in [9.17, 15) is 9.90 Å². The van der Waals surface area contributed by atoms with Crippen LogP contribution in [0.1, 0.15) is 47.0 Å². The molecule has 0 aromatic rings. The van der Waals surface area contributed by atoms with Gasteiger partial charge in [0.05, 0.1) is 5.60 Å². The Morgan fingerprint density at radius 3 is 2.47 bits per heavy atom. The molecule has 1 saturated carbocycles. The molecule has 88 valence electrons. The molecular formula is C12H22O3. The lowest BCUT2D eigenvalue weighted by atomic mass is 9.73. The topological polar surface area (TPSA) is 46.5 Å². The zero-order valence-electron chi connectivity index (χ0n) is 10.1. The van der Waals surface area contributed by atoms with Gasteiger partial charge in [-0.2, -0.15) is 0 Å². The lowest BCUT2D eigenvalue weighted by molar-refractivity contribution is -0.159. The molecule has 3 heteroatoms. The minimum absolute atomic E-state index is 0.0672. The Balaban J connectivity index is 2.70. The van der Waals surface area contributed by atoms with E-state index in [1.807, 2.05) is 0 Å². The quantitative estimate of drug-likeness (QED) is 0.716. The first-order valence-electron chi connectivity index (χ1n) is 5.70. The summed E-state index contributed by atoms with van der Waals surface area (Å²) < 4.78 is 5.30. The van der Waals surface area contributed by atoms with Crippen LogP contribution < -0.4 is 0 Å². The van der Waals surface area contributed by atoms with Crippen molar-refractivity contribution < 1.29 is 14.6 Å². The predicted molar refractivity (Wildman–Crippen MR) is 58.4 cm³/mol. The van der Waals surface area contributed by atoms with Gasteiger partial charge in [0.25, 0.3) is 0 Å². The first-order valence-corrected chi connectivity index (χ1v) is 5.70. The normalized spacial score (nSPS) is 32.5. The summed E-state index contributed by atoms with van der Waals surface area (Å²) in [5.74, 6) is 0.397. The third-order valence-electron chi connectivity index (χ3n) is 3.28. The van der Waals surface area contributed by atoms with Crippen LogP contribution in [0.15, 0.2) is 0 Å². The SMILES string of the molecule is CC(=O)O[C@@H]1CC(C)CCC1C(C)(C)O. The number of esters is 1. The number of rotatable bonds is 2. The second-order valence-electron chi connectivity index (χ2n) is 5.33. The average molecular weight is 214 g/mol. The van der Waals surface area contributed by atoms with E-state index in [0.717, 1.165) is 19.3 Å². The van der Waals surface area contributed by atoms with Crippen molar-refractivity contribution in [1.29, 1.82) is 0 Å². The zero-order chi connectivity index (χ0) is 11.6. The van der Waals surface area contributed by atoms with E-state index in [-0.39, 0.29) is 18.0 Å². The summed E-state index contributed by atoms with van der Waals surface area (Å²) in [5.41, 5.74) is -0.764. The Kier molecular flexibility index (Phi) is 3.77. The van der Waals surface area contributed by atoms with E-state index in [4.69, 9.17) is 4.74 Å². The summed E-state index contributed by atoms with van der Waals surface area (Å²) in [6.45, 7) is 7.19. The summed E-state index contributed by atoms with van der Waals surface area (Å²) in [4.78, 5) is 11.0. The van der Waals surface area contributed by atoms with Crippen molar-refractivity contribution >= 4 is 5.97 Å². The first-order chi connectivity index (χ1) is 6.80. The molecule has 2 unspecified atom stereocenters. The molecule has 0 amide bonds. The molecule has 1 N–H and O–H groups in total. The van der Waals surface area contributed by atoms with Crippen LogP contribution in [0.2, 0.25) is 0 Å². The average Bonchev–Trinajstić information content (AvgIpc) is 1.99. The highest BCUT2D eigenvalue weighted by Gasteiger charge is 2.39. The fourth-order valence-electron chi connectivity index (χ4n) is 2.48. The second-order valence-corrected chi connectivity index (χ2v) is 5.33. The molecule has 0 heterocycles. The van der Waals surface area contributed by atoms with Crippen LogP contribution in [0.4, 0.5) is 0 Å². The summed E-state index contributed by atoms with van der Waals surface area (Å²) in [6.07, 6.45) is 2.79. The van der Waals surface area contributed by atoms with E-state index in [2.05, 4.69) is 6.92 Å². The number of ether oxygens (including phenoxy) is 1. The molecule has 1 aliphatic carbocycles. The molecular weight excluding hydrogens is 192 g/mol. The van der Waals surface area contributed by atoms with Gasteiger partial charge in [0.2, 0.25) is 0 Å².